The van der Waals surface area contributed by atoms with Crippen LogP contribution in [0.3, 0.4) is 0 Å². The van der Waals surface area contributed by atoms with Crippen molar-refractivity contribution in [2.24, 2.45) is 14.1 Å². The summed E-state index contributed by atoms with van der Waals surface area (Å²) in [6.07, 6.45) is 6.14. The lowest BCUT2D eigenvalue weighted by atomic mass is 9.98. The van der Waals surface area contributed by atoms with Crippen LogP contribution in [0.5, 0.6) is 5.75 Å². The van der Waals surface area contributed by atoms with E-state index in [4.69, 9.17) is 4.74 Å². The highest BCUT2D eigenvalue weighted by molar-refractivity contribution is 5.51. The Morgan fingerprint density at radius 2 is 1.93 bits per heavy atom. The van der Waals surface area contributed by atoms with Gasteiger partial charge in [0.2, 0.25) is 0 Å². The minimum Gasteiger partial charge on any atom is -0.490 e. The highest BCUT2D eigenvalue weighted by atomic mass is 16.5. The van der Waals surface area contributed by atoms with Gasteiger partial charge in [-0.2, -0.15) is 5.26 Å². The third-order valence-corrected chi connectivity index (χ3v) is 4.99. The molecule has 0 aliphatic heterocycles. The molecule has 1 aromatic heterocycles. The van der Waals surface area contributed by atoms with Crippen molar-refractivity contribution >= 4 is 5.82 Å². The molecule has 27 heavy (non-hydrogen) atoms. The molecule has 7 nitrogen and oxygen atoms in total. The summed E-state index contributed by atoms with van der Waals surface area (Å²) in [5.74, 6) is 1.05. The van der Waals surface area contributed by atoms with Crippen LogP contribution in [0.2, 0.25) is 0 Å². The summed E-state index contributed by atoms with van der Waals surface area (Å²) in [6.45, 7) is 0.372. The Bertz CT molecular complexity index is 978. The van der Waals surface area contributed by atoms with Crippen molar-refractivity contribution in [2.45, 2.75) is 44.8 Å². The SMILES string of the molecule is Cn1c(NCc2cccc(OC3CCCCC3)c2)c(C#N)c(=O)n(C)c1=O. The van der Waals surface area contributed by atoms with Crippen molar-refractivity contribution in [3.05, 3.63) is 56.2 Å². The van der Waals surface area contributed by atoms with Crippen molar-refractivity contribution < 1.29 is 4.74 Å². The molecule has 1 aliphatic carbocycles. The van der Waals surface area contributed by atoms with E-state index in [9.17, 15) is 14.9 Å². The highest BCUT2D eigenvalue weighted by Crippen LogP contribution is 2.24. The summed E-state index contributed by atoms with van der Waals surface area (Å²) in [4.78, 5) is 24.3. The van der Waals surface area contributed by atoms with Gasteiger partial charge in [0.15, 0.2) is 5.56 Å². The Hall–Kier alpha value is -3.01. The van der Waals surface area contributed by atoms with Crippen molar-refractivity contribution in [1.29, 1.82) is 5.26 Å². The Labute approximate surface area is 157 Å². The van der Waals surface area contributed by atoms with Gasteiger partial charge in [-0.3, -0.25) is 13.9 Å². The number of hydrogen-bond donors (Lipinski definition) is 1. The van der Waals surface area contributed by atoms with Crippen LogP contribution in [0.4, 0.5) is 5.82 Å². The summed E-state index contributed by atoms with van der Waals surface area (Å²) in [6, 6.07) is 9.64. The van der Waals surface area contributed by atoms with E-state index in [1.165, 1.54) is 37.9 Å². The number of nitriles is 1. The third-order valence-electron chi connectivity index (χ3n) is 4.99. The monoisotopic (exact) mass is 368 g/mol. The second kappa shape index (κ2) is 8.12. The van der Waals surface area contributed by atoms with Crippen molar-refractivity contribution in [3.63, 3.8) is 0 Å². The molecule has 0 atom stereocenters. The van der Waals surface area contributed by atoms with Gasteiger partial charge in [-0.15, -0.1) is 0 Å². The van der Waals surface area contributed by atoms with Gasteiger partial charge < -0.3 is 10.1 Å². The zero-order chi connectivity index (χ0) is 19.4. The summed E-state index contributed by atoms with van der Waals surface area (Å²) >= 11 is 0. The molecule has 0 spiro atoms. The van der Waals surface area contributed by atoms with Crippen molar-refractivity contribution in [3.8, 4) is 11.8 Å². The number of rotatable bonds is 5. The molecule has 1 aromatic carbocycles. The highest BCUT2D eigenvalue weighted by Gasteiger charge is 2.16. The molecule has 1 aliphatic rings. The fourth-order valence-electron chi connectivity index (χ4n) is 3.44. The van der Waals surface area contributed by atoms with E-state index < -0.39 is 11.2 Å². The maximum Gasteiger partial charge on any atom is 0.332 e. The van der Waals surface area contributed by atoms with E-state index >= 15 is 0 Å². The quantitative estimate of drug-likeness (QED) is 0.875. The molecule has 3 rings (SSSR count). The van der Waals surface area contributed by atoms with Gasteiger partial charge in [0.05, 0.1) is 6.10 Å². The first kappa shape index (κ1) is 18.8. The van der Waals surface area contributed by atoms with Crippen LogP contribution in [-0.2, 0) is 20.6 Å². The van der Waals surface area contributed by atoms with E-state index in [1.807, 2.05) is 30.3 Å². The maximum atomic E-state index is 12.1. The van der Waals surface area contributed by atoms with Crippen LogP contribution in [-0.4, -0.2) is 15.2 Å². The lowest BCUT2D eigenvalue weighted by Crippen LogP contribution is -2.39. The first-order valence-electron chi connectivity index (χ1n) is 9.21. The number of anilines is 1. The van der Waals surface area contributed by atoms with Crippen molar-refractivity contribution in [1.82, 2.24) is 9.13 Å². The van der Waals surface area contributed by atoms with Crippen molar-refractivity contribution in [2.75, 3.05) is 5.32 Å². The van der Waals surface area contributed by atoms with Gasteiger partial charge in [0.1, 0.15) is 17.6 Å². The predicted molar refractivity (Wildman–Crippen MR) is 103 cm³/mol. The molecule has 0 bridgehead atoms. The number of benzene rings is 1. The number of nitrogens with zero attached hydrogens (tertiary/aromatic N) is 3. The fraction of sp³-hybridized carbons (Fsp3) is 0.450. The predicted octanol–water partition coefficient (Wildman–Crippen LogP) is 2.28. The lowest BCUT2D eigenvalue weighted by molar-refractivity contribution is 0.155. The number of aromatic nitrogens is 2. The average Bonchev–Trinajstić information content (AvgIpc) is 2.69. The fourth-order valence-corrected chi connectivity index (χ4v) is 3.44. The van der Waals surface area contributed by atoms with Crippen LogP contribution < -0.4 is 21.3 Å². The van der Waals surface area contributed by atoms with Crippen LogP contribution in [0.15, 0.2) is 33.9 Å². The molecule has 0 saturated heterocycles. The Morgan fingerprint density at radius 3 is 2.63 bits per heavy atom. The van der Waals surface area contributed by atoms with E-state index in [-0.39, 0.29) is 17.5 Å². The summed E-state index contributed by atoms with van der Waals surface area (Å²) in [5.41, 5.74) is -0.206. The maximum absolute atomic E-state index is 12.1. The molecule has 1 heterocycles. The smallest absolute Gasteiger partial charge is 0.332 e. The van der Waals surface area contributed by atoms with E-state index in [0.29, 0.717) is 6.54 Å². The first-order valence-corrected chi connectivity index (χ1v) is 9.21. The lowest BCUT2D eigenvalue weighted by Gasteiger charge is -2.23. The van der Waals surface area contributed by atoms with E-state index in [2.05, 4.69) is 5.32 Å². The summed E-state index contributed by atoms with van der Waals surface area (Å²) < 4.78 is 8.29. The molecule has 0 unspecified atom stereocenters. The van der Waals surface area contributed by atoms with Gasteiger partial charge in [0.25, 0.3) is 5.56 Å². The number of nitrogens with one attached hydrogen (secondary N) is 1. The standard InChI is InChI=1S/C20H24N4O3/c1-23-18(17(12-21)19(25)24(2)20(23)26)22-13-14-7-6-10-16(11-14)27-15-8-4-3-5-9-15/h6-7,10-11,15,22H,3-5,8-9,13H2,1-2H3. The molecule has 0 radical (unpaired) electrons. The summed E-state index contributed by atoms with van der Waals surface area (Å²) in [5, 5.41) is 12.4. The van der Waals surface area contributed by atoms with Gasteiger partial charge in [-0.05, 0) is 43.4 Å². The molecular formula is C20H24N4O3. The van der Waals surface area contributed by atoms with Gasteiger partial charge in [-0.25, -0.2) is 4.79 Å². The Morgan fingerprint density at radius 1 is 1.19 bits per heavy atom. The van der Waals surface area contributed by atoms with Crippen LogP contribution in [0, 0.1) is 11.3 Å². The number of ether oxygens (including phenoxy) is 1. The molecule has 2 aromatic rings. The second-order valence-corrected chi connectivity index (χ2v) is 6.92. The van der Waals surface area contributed by atoms with Gasteiger partial charge >= 0.3 is 5.69 Å². The minimum atomic E-state index is -0.600. The Balaban J connectivity index is 1.78. The molecule has 1 N–H and O–H groups in total. The molecular weight excluding hydrogens is 344 g/mol. The van der Waals surface area contributed by atoms with Crippen LogP contribution in [0.1, 0.15) is 43.2 Å². The third kappa shape index (κ3) is 4.05. The molecule has 1 saturated carbocycles. The molecule has 7 heteroatoms. The minimum absolute atomic E-state index is 0.0748. The second-order valence-electron chi connectivity index (χ2n) is 6.92. The van der Waals surface area contributed by atoms with Crippen LogP contribution in [0.25, 0.3) is 0 Å². The first-order chi connectivity index (χ1) is 13.0. The Kier molecular flexibility index (Phi) is 5.65. The largest absolute Gasteiger partial charge is 0.490 e. The zero-order valence-electron chi connectivity index (χ0n) is 15.7. The van der Waals surface area contributed by atoms with E-state index in [1.54, 1.807) is 0 Å². The molecule has 142 valence electrons. The zero-order valence-corrected chi connectivity index (χ0v) is 15.7. The average molecular weight is 368 g/mol. The van der Waals surface area contributed by atoms with Crippen LogP contribution >= 0.6 is 0 Å². The molecule has 1 fully saturated rings. The van der Waals surface area contributed by atoms with E-state index in [0.717, 1.165) is 28.7 Å². The van der Waals surface area contributed by atoms with Gasteiger partial charge in [-0.1, -0.05) is 18.6 Å². The molecule has 0 amide bonds. The normalized spacial score (nSPS) is 14.6. The summed E-state index contributed by atoms with van der Waals surface area (Å²) in [7, 11) is 2.90. The number of hydrogen-bond acceptors (Lipinski definition) is 5. The van der Waals surface area contributed by atoms with Gasteiger partial charge in [0, 0.05) is 20.6 Å². The topological polar surface area (TPSA) is 89.1 Å².